The minimum absolute atomic E-state index is 0.0841. The van der Waals surface area contributed by atoms with E-state index in [1.807, 2.05) is 0 Å². The predicted molar refractivity (Wildman–Crippen MR) is 68.1 cm³/mol. The van der Waals surface area contributed by atoms with Gasteiger partial charge in [-0.3, -0.25) is 14.9 Å². The number of pyridine rings is 1. The molecule has 1 aliphatic heterocycles. The average Bonchev–Trinajstić information content (AvgIpc) is 2.39. The van der Waals surface area contributed by atoms with Crippen LogP contribution in [0.25, 0.3) is 0 Å². The second-order valence-electron chi connectivity index (χ2n) is 4.16. The van der Waals surface area contributed by atoms with Gasteiger partial charge in [0, 0.05) is 12.7 Å². The Labute approximate surface area is 114 Å². The molecule has 1 amide bonds. The lowest BCUT2D eigenvalue weighted by molar-refractivity contribution is -0.384. The Morgan fingerprint density at radius 2 is 2.37 bits per heavy atom. The van der Waals surface area contributed by atoms with Crippen molar-refractivity contribution in [2.75, 3.05) is 18.5 Å². The summed E-state index contributed by atoms with van der Waals surface area (Å²) >= 11 is 5.68. The van der Waals surface area contributed by atoms with Gasteiger partial charge in [-0.2, -0.15) is 0 Å². The van der Waals surface area contributed by atoms with Crippen molar-refractivity contribution in [1.82, 2.24) is 4.98 Å². The third-order valence-electron chi connectivity index (χ3n) is 2.81. The number of nitro groups is 1. The monoisotopic (exact) mass is 285 g/mol. The Morgan fingerprint density at radius 1 is 1.58 bits per heavy atom. The van der Waals surface area contributed by atoms with E-state index in [0.29, 0.717) is 19.6 Å². The summed E-state index contributed by atoms with van der Waals surface area (Å²) in [5, 5.41) is 13.4. The van der Waals surface area contributed by atoms with Crippen LogP contribution in [-0.2, 0) is 9.53 Å². The molecule has 1 atom stereocenters. The Balaban J connectivity index is 2.15. The van der Waals surface area contributed by atoms with E-state index in [9.17, 15) is 14.9 Å². The Kier molecular flexibility index (Phi) is 4.28. The molecule has 0 saturated carbocycles. The van der Waals surface area contributed by atoms with E-state index in [2.05, 4.69) is 10.3 Å². The normalized spacial score (nSPS) is 18.9. The van der Waals surface area contributed by atoms with Crippen LogP contribution in [0.1, 0.15) is 12.8 Å². The van der Waals surface area contributed by atoms with Crippen LogP contribution in [0.15, 0.2) is 12.1 Å². The van der Waals surface area contributed by atoms with Gasteiger partial charge in [0.25, 0.3) is 0 Å². The number of hydrogen-bond donors (Lipinski definition) is 1. The van der Waals surface area contributed by atoms with Crippen LogP contribution in [0, 0.1) is 16.0 Å². The highest BCUT2D eigenvalue weighted by Crippen LogP contribution is 2.25. The molecule has 0 bridgehead atoms. The second kappa shape index (κ2) is 5.94. The van der Waals surface area contributed by atoms with Gasteiger partial charge >= 0.3 is 5.69 Å². The standard InChI is InChI=1S/C11H12ClN3O4/c12-9-4-3-8(15(17)18)10(13-9)14-11(16)7-2-1-5-19-6-7/h3-4,7H,1-2,5-6H2,(H,13,14,16). The van der Waals surface area contributed by atoms with Crippen molar-refractivity contribution in [2.24, 2.45) is 5.92 Å². The van der Waals surface area contributed by atoms with Crippen LogP contribution in [0.2, 0.25) is 5.15 Å². The van der Waals surface area contributed by atoms with Crippen molar-refractivity contribution in [3.05, 3.63) is 27.4 Å². The van der Waals surface area contributed by atoms with E-state index in [1.165, 1.54) is 12.1 Å². The van der Waals surface area contributed by atoms with Crippen LogP contribution in [0.4, 0.5) is 11.5 Å². The maximum Gasteiger partial charge on any atom is 0.311 e. The molecule has 2 heterocycles. The molecule has 1 unspecified atom stereocenters. The van der Waals surface area contributed by atoms with Crippen molar-refractivity contribution < 1.29 is 14.5 Å². The summed E-state index contributed by atoms with van der Waals surface area (Å²) in [6.07, 6.45) is 1.49. The zero-order chi connectivity index (χ0) is 13.8. The molecule has 1 fully saturated rings. The highest BCUT2D eigenvalue weighted by Gasteiger charge is 2.25. The Bertz CT molecular complexity index is 503. The number of anilines is 1. The molecular formula is C11H12ClN3O4. The van der Waals surface area contributed by atoms with Crippen molar-refractivity contribution >= 4 is 29.0 Å². The first-order valence-corrected chi connectivity index (χ1v) is 6.15. The molecular weight excluding hydrogens is 274 g/mol. The molecule has 102 valence electrons. The molecule has 19 heavy (non-hydrogen) atoms. The molecule has 0 aliphatic carbocycles. The van der Waals surface area contributed by atoms with Crippen molar-refractivity contribution in [3.8, 4) is 0 Å². The fraction of sp³-hybridized carbons (Fsp3) is 0.455. The molecule has 7 nitrogen and oxygen atoms in total. The molecule has 0 radical (unpaired) electrons. The van der Waals surface area contributed by atoms with E-state index in [-0.39, 0.29) is 28.5 Å². The molecule has 1 aromatic heterocycles. The van der Waals surface area contributed by atoms with Crippen LogP contribution in [0.3, 0.4) is 0 Å². The van der Waals surface area contributed by atoms with Crippen LogP contribution >= 0.6 is 11.6 Å². The van der Waals surface area contributed by atoms with E-state index in [1.54, 1.807) is 0 Å². The van der Waals surface area contributed by atoms with Crippen molar-refractivity contribution in [1.29, 1.82) is 0 Å². The third-order valence-corrected chi connectivity index (χ3v) is 3.02. The summed E-state index contributed by atoms with van der Waals surface area (Å²) in [6, 6.07) is 2.52. The number of amides is 1. The quantitative estimate of drug-likeness (QED) is 0.521. The van der Waals surface area contributed by atoms with Gasteiger partial charge < -0.3 is 10.1 Å². The van der Waals surface area contributed by atoms with Gasteiger partial charge in [0.2, 0.25) is 11.7 Å². The number of rotatable bonds is 3. The van der Waals surface area contributed by atoms with E-state index >= 15 is 0 Å². The number of carbonyl (C=O) groups is 1. The van der Waals surface area contributed by atoms with Crippen LogP contribution in [0.5, 0.6) is 0 Å². The molecule has 1 aromatic rings. The first-order chi connectivity index (χ1) is 9.08. The van der Waals surface area contributed by atoms with Gasteiger partial charge in [0.05, 0.1) is 17.4 Å². The SMILES string of the molecule is O=C(Nc1nc(Cl)ccc1[N+](=O)[O-])C1CCCOC1. The summed E-state index contributed by atoms with van der Waals surface area (Å²) in [4.78, 5) is 26.0. The smallest absolute Gasteiger partial charge is 0.311 e. The van der Waals surface area contributed by atoms with E-state index < -0.39 is 4.92 Å². The van der Waals surface area contributed by atoms with Gasteiger partial charge in [-0.05, 0) is 18.9 Å². The average molecular weight is 286 g/mol. The second-order valence-corrected chi connectivity index (χ2v) is 4.55. The number of aromatic nitrogens is 1. The lowest BCUT2D eigenvalue weighted by Gasteiger charge is -2.20. The maximum absolute atomic E-state index is 12.0. The molecule has 1 aliphatic rings. The van der Waals surface area contributed by atoms with Crippen molar-refractivity contribution in [2.45, 2.75) is 12.8 Å². The zero-order valence-electron chi connectivity index (χ0n) is 9.97. The predicted octanol–water partition coefficient (Wildman–Crippen LogP) is 2.01. The number of carbonyl (C=O) groups excluding carboxylic acids is 1. The number of halogens is 1. The molecule has 0 aromatic carbocycles. The third kappa shape index (κ3) is 3.39. The molecule has 0 spiro atoms. The molecule has 8 heteroatoms. The Hall–Kier alpha value is -1.73. The largest absolute Gasteiger partial charge is 0.381 e. The van der Waals surface area contributed by atoms with Crippen LogP contribution < -0.4 is 5.32 Å². The minimum atomic E-state index is -0.615. The van der Waals surface area contributed by atoms with Gasteiger partial charge in [-0.25, -0.2) is 4.98 Å². The lowest BCUT2D eigenvalue weighted by Crippen LogP contribution is -2.30. The summed E-state index contributed by atoms with van der Waals surface area (Å²) < 4.78 is 5.20. The summed E-state index contributed by atoms with van der Waals surface area (Å²) in [7, 11) is 0. The fourth-order valence-corrected chi connectivity index (χ4v) is 1.98. The van der Waals surface area contributed by atoms with Gasteiger partial charge in [0.15, 0.2) is 0 Å². The van der Waals surface area contributed by atoms with Gasteiger partial charge in [-0.1, -0.05) is 11.6 Å². The Morgan fingerprint density at radius 3 is 3.00 bits per heavy atom. The van der Waals surface area contributed by atoms with E-state index in [4.69, 9.17) is 16.3 Å². The fourth-order valence-electron chi connectivity index (χ4n) is 1.83. The van der Waals surface area contributed by atoms with Gasteiger partial charge in [0.1, 0.15) is 5.15 Å². The topological polar surface area (TPSA) is 94.4 Å². The van der Waals surface area contributed by atoms with Crippen molar-refractivity contribution in [3.63, 3.8) is 0 Å². The highest BCUT2D eigenvalue weighted by molar-refractivity contribution is 6.29. The molecule has 1 saturated heterocycles. The maximum atomic E-state index is 12.0. The lowest BCUT2D eigenvalue weighted by atomic mass is 10.0. The molecule has 2 rings (SSSR count). The summed E-state index contributed by atoms with van der Waals surface area (Å²) in [6.45, 7) is 0.958. The summed E-state index contributed by atoms with van der Waals surface area (Å²) in [5.74, 6) is -0.778. The zero-order valence-corrected chi connectivity index (χ0v) is 10.7. The van der Waals surface area contributed by atoms with E-state index in [0.717, 1.165) is 6.42 Å². The molecule has 1 N–H and O–H groups in total. The number of hydrogen-bond acceptors (Lipinski definition) is 5. The summed E-state index contributed by atoms with van der Waals surface area (Å²) in [5.41, 5.74) is -0.283. The van der Waals surface area contributed by atoms with Crippen LogP contribution in [-0.4, -0.2) is 29.0 Å². The first kappa shape index (κ1) is 13.7. The first-order valence-electron chi connectivity index (χ1n) is 5.77. The number of ether oxygens (including phenoxy) is 1. The number of nitrogens with zero attached hydrogens (tertiary/aromatic N) is 2. The minimum Gasteiger partial charge on any atom is -0.381 e. The van der Waals surface area contributed by atoms with Gasteiger partial charge in [-0.15, -0.1) is 0 Å². The number of nitrogens with one attached hydrogen (secondary N) is 1. The highest BCUT2D eigenvalue weighted by atomic mass is 35.5.